The Kier molecular flexibility index (Phi) is 4.71. The van der Waals surface area contributed by atoms with Gasteiger partial charge in [-0.3, -0.25) is 4.72 Å². The van der Waals surface area contributed by atoms with E-state index in [-0.39, 0.29) is 0 Å². The highest BCUT2D eigenvalue weighted by molar-refractivity contribution is 7.92. The van der Waals surface area contributed by atoms with E-state index in [1.165, 1.54) is 0 Å². The topological polar surface area (TPSA) is 83.5 Å². The number of halogens is 5. The summed E-state index contributed by atoms with van der Waals surface area (Å²) in [5.41, 5.74) is -3.03. The third-order valence-corrected chi connectivity index (χ3v) is 4.36. The Bertz CT molecular complexity index is 941. The van der Waals surface area contributed by atoms with E-state index >= 15 is 0 Å². The first-order valence-corrected chi connectivity index (χ1v) is 7.82. The van der Waals surface area contributed by atoms with Crippen LogP contribution in [0.25, 0.3) is 0 Å². The van der Waals surface area contributed by atoms with Crippen LogP contribution in [0.4, 0.5) is 27.6 Å². The number of rotatable bonds is 4. The van der Waals surface area contributed by atoms with Crippen LogP contribution in [0, 0.1) is 11.6 Å². The van der Waals surface area contributed by atoms with Crippen molar-refractivity contribution in [2.75, 3.05) is 4.72 Å². The summed E-state index contributed by atoms with van der Waals surface area (Å²) < 4.78 is 90.9. The summed E-state index contributed by atoms with van der Waals surface area (Å²) in [7, 11) is -4.80. The van der Waals surface area contributed by atoms with Crippen LogP contribution in [-0.4, -0.2) is 19.5 Å². The monoisotopic (exact) mass is 381 g/mol. The molecule has 11 heteroatoms. The minimum absolute atomic E-state index is 0.308. The average Bonchev–Trinajstić information content (AvgIpc) is 2.48. The van der Waals surface area contributed by atoms with Crippen molar-refractivity contribution in [2.45, 2.75) is 11.1 Å². The van der Waals surface area contributed by atoms with Gasteiger partial charge in [-0.1, -0.05) is 6.07 Å². The molecule has 5 nitrogen and oxygen atoms in total. The van der Waals surface area contributed by atoms with E-state index in [2.05, 4.69) is 0 Å². The molecule has 0 bridgehead atoms. The fraction of sp³-hybridized carbons (Fsp3) is 0.0714. The Labute approximate surface area is 137 Å². The quantitative estimate of drug-likeness (QED) is 0.795. The minimum Gasteiger partial charge on any atom is -0.478 e. The molecule has 2 aromatic rings. The maximum atomic E-state index is 13.6. The van der Waals surface area contributed by atoms with Gasteiger partial charge in [-0.05, 0) is 30.3 Å². The summed E-state index contributed by atoms with van der Waals surface area (Å²) in [6.07, 6.45) is -4.95. The first kappa shape index (κ1) is 18.6. The molecule has 0 radical (unpaired) electrons. The SMILES string of the molecule is O=C(O)c1cc(NS(=O)(=O)c2cccc(F)c2F)cc(C(F)(F)F)c1. The summed E-state index contributed by atoms with van der Waals surface area (Å²) in [6, 6.07) is 3.51. The standard InChI is InChI=1S/C14H8F5NO4S/c15-10-2-1-3-11(12(10)16)25(23,24)20-9-5-7(13(21)22)4-8(6-9)14(17,18)19/h1-6,20H,(H,21,22). The van der Waals surface area contributed by atoms with Crippen molar-refractivity contribution in [1.29, 1.82) is 0 Å². The molecule has 0 heterocycles. The van der Waals surface area contributed by atoms with Gasteiger partial charge in [-0.2, -0.15) is 13.2 Å². The molecular weight excluding hydrogens is 373 g/mol. The molecule has 0 spiro atoms. The number of alkyl halides is 3. The number of sulfonamides is 1. The number of hydrogen-bond donors (Lipinski definition) is 2. The summed E-state index contributed by atoms with van der Waals surface area (Å²) in [4.78, 5) is 9.78. The van der Waals surface area contributed by atoms with Gasteiger partial charge in [0.05, 0.1) is 16.8 Å². The van der Waals surface area contributed by atoms with E-state index < -0.39 is 55.5 Å². The highest BCUT2D eigenvalue weighted by Crippen LogP contribution is 2.33. The summed E-state index contributed by atoms with van der Waals surface area (Å²) in [6.45, 7) is 0. The molecule has 0 fully saturated rings. The molecule has 0 saturated heterocycles. The van der Waals surface area contributed by atoms with E-state index in [9.17, 15) is 35.2 Å². The summed E-state index contributed by atoms with van der Waals surface area (Å²) >= 11 is 0. The molecular formula is C14H8F5NO4S. The highest BCUT2D eigenvalue weighted by atomic mass is 32.2. The zero-order valence-electron chi connectivity index (χ0n) is 11.9. The lowest BCUT2D eigenvalue weighted by Gasteiger charge is -2.13. The van der Waals surface area contributed by atoms with Crippen molar-refractivity contribution in [3.8, 4) is 0 Å². The molecule has 2 aromatic carbocycles. The second-order valence-electron chi connectivity index (χ2n) is 4.76. The van der Waals surface area contributed by atoms with E-state index in [4.69, 9.17) is 5.11 Å². The largest absolute Gasteiger partial charge is 0.478 e. The van der Waals surface area contributed by atoms with Crippen LogP contribution in [0.2, 0.25) is 0 Å². The van der Waals surface area contributed by atoms with Crippen molar-refractivity contribution in [2.24, 2.45) is 0 Å². The normalized spacial score (nSPS) is 12.0. The van der Waals surface area contributed by atoms with Crippen molar-refractivity contribution < 1.29 is 40.3 Å². The molecule has 0 amide bonds. The first-order chi connectivity index (χ1) is 11.4. The lowest BCUT2D eigenvalue weighted by atomic mass is 10.1. The Morgan fingerprint density at radius 3 is 2.28 bits per heavy atom. The van der Waals surface area contributed by atoms with Crippen LogP contribution >= 0.6 is 0 Å². The summed E-state index contributed by atoms with van der Waals surface area (Å²) in [5.74, 6) is -4.93. The van der Waals surface area contributed by atoms with Gasteiger partial charge in [0, 0.05) is 0 Å². The summed E-state index contributed by atoms with van der Waals surface area (Å²) in [5, 5.41) is 8.84. The Morgan fingerprint density at radius 1 is 1.08 bits per heavy atom. The number of hydrogen-bond acceptors (Lipinski definition) is 3. The van der Waals surface area contributed by atoms with Crippen LogP contribution in [0.5, 0.6) is 0 Å². The minimum atomic E-state index is -4.95. The average molecular weight is 381 g/mol. The van der Waals surface area contributed by atoms with Crippen LogP contribution in [0.3, 0.4) is 0 Å². The zero-order chi connectivity index (χ0) is 19.0. The number of nitrogens with one attached hydrogen (secondary N) is 1. The molecule has 134 valence electrons. The smallest absolute Gasteiger partial charge is 0.416 e. The predicted octanol–water partition coefficient (Wildman–Crippen LogP) is 3.48. The van der Waals surface area contributed by atoms with E-state index in [1.807, 2.05) is 0 Å². The van der Waals surface area contributed by atoms with Crippen molar-refractivity contribution in [3.05, 3.63) is 59.2 Å². The maximum Gasteiger partial charge on any atom is 0.416 e. The van der Waals surface area contributed by atoms with Gasteiger partial charge < -0.3 is 5.11 Å². The van der Waals surface area contributed by atoms with Crippen molar-refractivity contribution >= 4 is 21.7 Å². The van der Waals surface area contributed by atoms with Crippen molar-refractivity contribution in [3.63, 3.8) is 0 Å². The second-order valence-corrected chi connectivity index (χ2v) is 6.41. The first-order valence-electron chi connectivity index (χ1n) is 6.34. The van der Waals surface area contributed by atoms with Gasteiger partial charge in [0.2, 0.25) is 0 Å². The molecule has 25 heavy (non-hydrogen) atoms. The zero-order valence-corrected chi connectivity index (χ0v) is 12.8. The number of benzene rings is 2. The highest BCUT2D eigenvalue weighted by Gasteiger charge is 2.32. The van der Waals surface area contributed by atoms with E-state index in [1.54, 1.807) is 4.72 Å². The molecule has 0 aliphatic heterocycles. The number of carboxylic acids is 1. The van der Waals surface area contributed by atoms with Gasteiger partial charge in [0.25, 0.3) is 10.0 Å². The maximum absolute atomic E-state index is 13.6. The van der Waals surface area contributed by atoms with Gasteiger partial charge >= 0.3 is 12.1 Å². The third-order valence-electron chi connectivity index (χ3n) is 2.97. The molecule has 0 aliphatic rings. The molecule has 0 saturated carbocycles. The van der Waals surface area contributed by atoms with E-state index in [0.717, 1.165) is 6.07 Å². The number of carbonyl (C=O) groups is 1. The van der Waals surface area contributed by atoms with Crippen molar-refractivity contribution in [1.82, 2.24) is 0 Å². The molecule has 0 aliphatic carbocycles. The molecule has 0 unspecified atom stereocenters. The number of aromatic carboxylic acids is 1. The van der Waals surface area contributed by atoms with Gasteiger partial charge in [0.1, 0.15) is 4.90 Å². The Morgan fingerprint density at radius 2 is 1.72 bits per heavy atom. The van der Waals surface area contributed by atoms with Crippen LogP contribution in [0.15, 0.2) is 41.3 Å². The lowest BCUT2D eigenvalue weighted by Crippen LogP contribution is -2.17. The molecule has 0 aromatic heterocycles. The number of anilines is 1. The molecule has 2 N–H and O–H groups in total. The van der Waals surface area contributed by atoms with Gasteiger partial charge in [-0.15, -0.1) is 0 Å². The van der Waals surface area contributed by atoms with Crippen LogP contribution in [-0.2, 0) is 16.2 Å². The molecule has 0 atom stereocenters. The van der Waals surface area contributed by atoms with Crippen LogP contribution < -0.4 is 4.72 Å². The van der Waals surface area contributed by atoms with E-state index in [0.29, 0.717) is 30.3 Å². The third kappa shape index (κ3) is 4.05. The Hall–Kier alpha value is -2.69. The van der Waals surface area contributed by atoms with Gasteiger partial charge in [-0.25, -0.2) is 22.0 Å². The Balaban J connectivity index is 2.54. The fourth-order valence-corrected chi connectivity index (χ4v) is 3.00. The lowest BCUT2D eigenvalue weighted by molar-refractivity contribution is -0.137. The van der Waals surface area contributed by atoms with Gasteiger partial charge in [0.15, 0.2) is 11.6 Å². The second kappa shape index (κ2) is 6.31. The molecule has 2 rings (SSSR count). The number of carboxylic acid groups (broad SMARTS) is 1. The fourth-order valence-electron chi connectivity index (χ4n) is 1.88. The van der Waals surface area contributed by atoms with Crippen LogP contribution in [0.1, 0.15) is 15.9 Å². The predicted molar refractivity (Wildman–Crippen MR) is 75.6 cm³/mol.